The number of likely N-dealkylation sites (N-methyl/N-ethyl adjacent to an activating group) is 2. The van der Waals surface area contributed by atoms with Crippen molar-refractivity contribution in [2.75, 3.05) is 81.2 Å². The summed E-state index contributed by atoms with van der Waals surface area (Å²) in [5.41, 5.74) is 11.9. The van der Waals surface area contributed by atoms with Crippen LogP contribution in [0.5, 0.6) is 41.2 Å². The van der Waals surface area contributed by atoms with Crippen LogP contribution in [-0.4, -0.2) is 192 Å². The number of ether oxygens (including phenoxy) is 8. The lowest BCUT2D eigenvalue weighted by Crippen LogP contribution is -2.41. The molecule has 8 aliphatic rings. The Bertz CT molecular complexity index is 4520. The minimum atomic E-state index is -0.236. The number of rotatable bonds is 14. The lowest BCUT2D eigenvalue weighted by atomic mass is 9.89. The fourth-order valence-electron chi connectivity index (χ4n) is 14.5. The SMILES string of the molecule is CC(C)(C)c1cnn(CC2CC2)c1.CC(C)(C)c1cnn2c1OCCCC2.CC(C)c1cnn2c1OCC(C)(C)C2.CC(C)c1cnn2c1OCC(CCCF)C2.CC(C)c1cnn2c1OCC(N(C)C)C2.CC(C)c1cnn2c1OCCC2.CNC1COc2c(C(C)C)cnn2C1.COC1COc2c(C(C)C)cnn2C1.Cn1cc(C(C)(C)C)cn1. The summed E-state index contributed by atoms with van der Waals surface area (Å²) < 4.78 is 74.8. The van der Waals surface area contributed by atoms with E-state index in [1.54, 1.807) is 7.11 Å². The zero-order valence-corrected chi connectivity index (χ0v) is 79.6. The Morgan fingerprint density at radius 1 is 0.467 bits per heavy atom. The van der Waals surface area contributed by atoms with E-state index in [9.17, 15) is 4.39 Å². The van der Waals surface area contributed by atoms with Gasteiger partial charge < -0.3 is 48.1 Å². The molecule has 0 amide bonds. The first-order valence-corrected chi connectivity index (χ1v) is 44.9. The van der Waals surface area contributed by atoms with Crippen LogP contribution in [0, 0.1) is 17.3 Å². The molecule has 9 aromatic rings. The average Bonchev–Trinajstić information content (AvgIpc) is 1.81. The van der Waals surface area contributed by atoms with Crippen LogP contribution in [0.15, 0.2) is 68.2 Å². The third-order valence-corrected chi connectivity index (χ3v) is 22.9. The van der Waals surface area contributed by atoms with Crippen LogP contribution >= 0.6 is 0 Å². The fourth-order valence-corrected chi connectivity index (χ4v) is 14.5. The summed E-state index contributed by atoms with van der Waals surface area (Å²) in [5, 5.41) is 42.0. The summed E-state index contributed by atoms with van der Waals surface area (Å²) in [6.45, 7) is 62.7. The van der Waals surface area contributed by atoms with Crippen molar-refractivity contribution in [2.45, 2.75) is 326 Å². The number of aryl methyl sites for hydroxylation is 3. The van der Waals surface area contributed by atoms with Crippen molar-refractivity contribution in [3.63, 3.8) is 0 Å². The lowest BCUT2D eigenvalue weighted by molar-refractivity contribution is 0.0174. The Labute approximate surface area is 728 Å². The van der Waals surface area contributed by atoms with Crippen molar-refractivity contribution in [3.05, 3.63) is 118 Å². The van der Waals surface area contributed by atoms with E-state index in [2.05, 4.69) is 247 Å². The Morgan fingerprint density at radius 3 is 1.38 bits per heavy atom. The number of alkyl halides is 1. The van der Waals surface area contributed by atoms with E-state index in [0.717, 1.165) is 158 Å². The van der Waals surface area contributed by atoms with Crippen molar-refractivity contribution in [1.29, 1.82) is 0 Å². The molecule has 29 heteroatoms. The second-order valence-corrected chi connectivity index (χ2v) is 39.7. The van der Waals surface area contributed by atoms with Crippen molar-refractivity contribution in [3.8, 4) is 41.2 Å². The Hall–Kier alpha value is -8.70. The number of nitrogens with one attached hydrogen (secondary N) is 1. The maximum Gasteiger partial charge on any atom is 0.215 e. The van der Waals surface area contributed by atoms with Gasteiger partial charge in [0.25, 0.3) is 0 Å². The molecule has 9 aromatic heterocycles. The van der Waals surface area contributed by atoms with E-state index in [4.69, 9.17) is 37.9 Å². The number of hydrogen-bond acceptors (Lipinski definition) is 19. The molecule has 0 spiro atoms. The van der Waals surface area contributed by atoms with E-state index < -0.39 is 0 Å². The van der Waals surface area contributed by atoms with E-state index in [1.165, 1.54) is 62.9 Å². The summed E-state index contributed by atoms with van der Waals surface area (Å²) >= 11 is 0. The van der Waals surface area contributed by atoms with E-state index in [0.29, 0.717) is 73.1 Å². The molecule has 1 saturated carbocycles. The van der Waals surface area contributed by atoms with Gasteiger partial charge in [-0.1, -0.05) is 159 Å². The molecule has 1 N–H and O–H groups in total. The molecule has 4 atom stereocenters. The van der Waals surface area contributed by atoms with Crippen LogP contribution in [0.3, 0.4) is 0 Å². The molecule has 16 heterocycles. The van der Waals surface area contributed by atoms with Gasteiger partial charge in [0.2, 0.25) is 41.2 Å². The van der Waals surface area contributed by atoms with Crippen molar-refractivity contribution in [2.24, 2.45) is 24.3 Å². The van der Waals surface area contributed by atoms with Crippen molar-refractivity contribution >= 4 is 0 Å². The Balaban J connectivity index is 0.000000156. The van der Waals surface area contributed by atoms with Crippen LogP contribution in [-0.2, 0) is 80.4 Å². The predicted octanol–water partition coefficient (Wildman–Crippen LogP) is 17.4. The highest BCUT2D eigenvalue weighted by atomic mass is 19.1. The Morgan fingerprint density at radius 2 is 0.902 bits per heavy atom. The predicted molar refractivity (Wildman–Crippen MR) is 480 cm³/mol. The minimum Gasteiger partial charge on any atom is -0.478 e. The second-order valence-electron chi connectivity index (χ2n) is 39.7. The molecule has 122 heavy (non-hydrogen) atoms. The average molecular weight is 1700 g/mol. The summed E-state index contributed by atoms with van der Waals surface area (Å²) in [4.78, 5) is 2.18. The summed E-state index contributed by atoms with van der Waals surface area (Å²) in [6.07, 6.45) is 29.4. The second kappa shape index (κ2) is 43.8. The van der Waals surface area contributed by atoms with E-state index in [1.807, 2.05) is 107 Å². The first kappa shape index (κ1) is 97.1. The highest BCUT2D eigenvalue weighted by Gasteiger charge is 2.33. The van der Waals surface area contributed by atoms with Gasteiger partial charge in [0, 0.05) is 103 Å². The van der Waals surface area contributed by atoms with Crippen LogP contribution in [0.25, 0.3) is 0 Å². The molecule has 7 aliphatic heterocycles. The first-order chi connectivity index (χ1) is 57.7. The largest absolute Gasteiger partial charge is 0.478 e. The molecule has 4 unspecified atom stereocenters. The number of hydrogen-bond donors (Lipinski definition) is 1. The van der Waals surface area contributed by atoms with Gasteiger partial charge in [-0.25, -0.2) is 32.8 Å². The molecular weight excluding hydrogens is 1540 g/mol. The molecule has 0 saturated heterocycles. The summed E-state index contributed by atoms with van der Waals surface area (Å²) in [5.74, 6) is 10.8. The molecule has 1 fully saturated rings. The number of aromatic nitrogens is 18. The third kappa shape index (κ3) is 27.2. The summed E-state index contributed by atoms with van der Waals surface area (Å²) in [7, 11) is 9.74. The Kier molecular flexibility index (Phi) is 34.8. The highest BCUT2D eigenvalue weighted by molar-refractivity contribution is 5.34. The summed E-state index contributed by atoms with van der Waals surface area (Å²) in [6, 6.07) is 0.805. The van der Waals surface area contributed by atoms with Crippen LogP contribution in [0.2, 0.25) is 0 Å². The van der Waals surface area contributed by atoms with E-state index >= 15 is 0 Å². The molecular formula is C93H153FN20O8. The van der Waals surface area contributed by atoms with Gasteiger partial charge in [0.1, 0.15) is 25.9 Å². The smallest absolute Gasteiger partial charge is 0.215 e. The molecule has 1 aliphatic carbocycles. The number of fused-ring (bicyclic) bond motifs is 7. The molecule has 28 nitrogen and oxygen atoms in total. The van der Waals surface area contributed by atoms with Crippen molar-refractivity contribution in [1.82, 2.24) is 98.2 Å². The maximum absolute atomic E-state index is 12.1. The van der Waals surface area contributed by atoms with Gasteiger partial charge in [0.15, 0.2) is 0 Å². The number of methoxy groups -OCH3 is 1. The highest BCUT2D eigenvalue weighted by Crippen LogP contribution is 2.39. The molecule has 0 bridgehead atoms. The van der Waals surface area contributed by atoms with Crippen LogP contribution in [0.4, 0.5) is 4.39 Å². The monoisotopic (exact) mass is 1700 g/mol. The van der Waals surface area contributed by atoms with Gasteiger partial charge in [-0.2, -0.15) is 45.9 Å². The topological polar surface area (TPSA) is 249 Å². The van der Waals surface area contributed by atoms with Gasteiger partial charge >= 0.3 is 0 Å². The van der Waals surface area contributed by atoms with Gasteiger partial charge in [-0.05, 0) is 128 Å². The minimum absolute atomic E-state index is 0.123. The number of halogens is 1. The molecule has 680 valence electrons. The standard InChI is InChI=1S/C12H19FN2O.C11H19N3O.2C11H18N2O.C11H18N2.C10H17N3O.C10H16N2O2.C9H14N2O.C8H14N2/c1-9(2)11-6-14-15-7-10(4-3-5-13)8-16-12(11)15;1-8(2)10-5-12-14-6-9(13(3)4)7-15-11(10)14;1-8(2)9-5-12-13-6-11(3,4)7-14-10(9)13;1-11(2,3)9-8-12-13-6-4-5-7-14-10(9)13;1-11(2,3)10-6-12-13(8-10)7-9-4-5-9;1-7(2)9-4-12-13-5-8(11-3)6-14-10(9)13;1-7(2)9-4-11-12-5-8(13-3)6-14-10(9)12;1-7(2)8-6-10-11-4-3-5-12-9(8)11;1-8(2,3)7-5-9-10(4)6-7/h6,9-10H,3-5,7-8H2,1-2H3;5,8-9H,6-7H2,1-4H3;5,8H,6-7H2,1-4H3;8H,4-7H2,1-3H3;6,8-9H,4-5,7H2,1-3H3;4,7-8,11H,5-6H2,1-3H3;4,7-8H,5-6H2,1-3H3;6-7H,3-5H2,1-2H3;5-6H,1-4H3. The maximum atomic E-state index is 12.1. The molecule has 0 aromatic carbocycles. The fraction of sp³-hybridized carbons (Fsp3) is 0.710. The molecule has 17 rings (SSSR count). The number of nitrogens with zero attached hydrogens (tertiary/aromatic N) is 19. The quantitative estimate of drug-likeness (QED) is 0.106. The molecule has 0 radical (unpaired) electrons. The van der Waals surface area contributed by atoms with Crippen molar-refractivity contribution < 1.29 is 42.3 Å². The first-order valence-electron chi connectivity index (χ1n) is 44.9. The third-order valence-electron chi connectivity index (χ3n) is 22.9. The normalized spacial score (nSPS) is 18.5. The van der Waals surface area contributed by atoms with Crippen LogP contribution < -0.4 is 38.5 Å². The van der Waals surface area contributed by atoms with Crippen LogP contribution in [0.1, 0.15) is 290 Å². The zero-order chi connectivity index (χ0) is 89.1. The zero-order valence-electron chi connectivity index (χ0n) is 79.6. The van der Waals surface area contributed by atoms with Gasteiger partial charge in [-0.3, -0.25) is 13.8 Å². The lowest BCUT2D eigenvalue weighted by Gasteiger charge is -2.30. The van der Waals surface area contributed by atoms with E-state index in [-0.39, 0.29) is 34.4 Å². The van der Waals surface area contributed by atoms with Gasteiger partial charge in [0.05, 0.1) is 134 Å². The van der Waals surface area contributed by atoms with Gasteiger partial charge in [-0.15, -0.1) is 0 Å².